The molecule has 0 aliphatic heterocycles. The van der Waals surface area contributed by atoms with Crippen LogP contribution in [0.2, 0.25) is 0 Å². The summed E-state index contributed by atoms with van der Waals surface area (Å²) in [5.74, 6) is -1.00. The number of halogens is 2. The van der Waals surface area contributed by atoms with Crippen LogP contribution in [0.1, 0.15) is 20.3 Å². The normalized spacial score (nSPS) is 12.1. The van der Waals surface area contributed by atoms with E-state index in [-0.39, 0.29) is 11.6 Å². The van der Waals surface area contributed by atoms with Crippen molar-refractivity contribution in [2.75, 3.05) is 5.32 Å². The summed E-state index contributed by atoms with van der Waals surface area (Å²) in [7, 11) is 0. The lowest BCUT2D eigenvalue weighted by Gasteiger charge is -2.18. The van der Waals surface area contributed by atoms with Crippen LogP contribution in [-0.4, -0.2) is 18.0 Å². The first-order valence-corrected chi connectivity index (χ1v) is 6.90. The Bertz CT molecular complexity index is 508. The van der Waals surface area contributed by atoms with Gasteiger partial charge in [-0.2, -0.15) is 0 Å². The number of primary amides is 1. The number of carbonyl (C=O) groups excluding carboxylic acids is 2. The average molecular weight is 346 g/mol. The highest BCUT2D eigenvalue weighted by Crippen LogP contribution is 2.19. The Hall–Kier alpha value is -1.63. The fourth-order valence-electron chi connectivity index (χ4n) is 1.63. The van der Waals surface area contributed by atoms with Crippen molar-refractivity contribution < 1.29 is 14.0 Å². The highest BCUT2D eigenvalue weighted by Gasteiger charge is 2.19. The second-order valence-electron chi connectivity index (χ2n) is 4.81. The number of amides is 3. The van der Waals surface area contributed by atoms with Crippen LogP contribution in [-0.2, 0) is 4.79 Å². The highest BCUT2D eigenvalue weighted by atomic mass is 79.9. The van der Waals surface area contributed by atoms with E-state index in [1.807, 2.05) is 13.8 Å². The zero-order chi connectivity index (χ0) is 15.3. The summed E-state index contributed by atoms with van der Waals surface area (Å²) in [6.45, 7) is 3.81. The molecule has 0 aliphatic carbocycles. The molecule has 1 unspecified atom stereocenters. The lowest BCUT2D eigenvalue weighted by atomic mass is 10.0. The van der Waals surface area contributed by atoms with E-state index in [2.05, 4.69) is 26.6 Å². The topological polar surface area (TPSA) is 84.2 Å². The quantitative estimate of drug-likeness (QED) is 0.766. The van der Waals surface area contributed by atoms with Gasteiger partial charge in [0.15, 0.2) is 0 Å². The van der Waals surface area contributed by atoms with E-state index in [0.717, 1.165) is 0 Å². The van der Waals surface area contributed by atoms with Crippen molar-refractivity contribution in [1.82, 2.24) is 5.32 Å². The number of anilines is 1. The van der Waals surface area contributed by atoms with Gasteiger partial charge in [-0.3, -0.25) is 4.79 Å². The molecule has 5 nitrogen and oxygen atoms in total. The van der Waals surface area contributed by atoms with Gasteiger partial charge in [-0.1, -0.05) is 29.8 Å². The predicted octanol–water partition coefficient (Wildman–Crippen LogP) is 2.61. The lowest BCUT2D eigenvalue weighted by molar-refractivity contribution is -0.120. The smallest absolute Gasteiger partial charge is 0.319 e. The van der Waals surface area contributed by atoms with Crippen LogP contribution in [0.25, 0.3) is 0 Å². The van der Waals surface area contributed by atoms with Gasteiger partial charge in [-0.25, -0.2) is 9.18 Å². The van der Waals surface area contributed by atoms with E-state index in [1.54, 1.807) is 6.07 Å². The summed E-state index contributed by atoms with van der Waals surface area (Å²) in [6, 6.07) is 2.79. The van der Waals surface area contributed by atoms with Crippen molar-refractivity contribution in [1.29, 1.82) is 0 Å². The fourth-order valence-corrected chi connectivity index (χ4v) is 1.96. The van der Waals surface area contributed by atoms with E-state index >= 15 is 0 Å². The van der Waals surface area contributed by atoms with Gasteiger partial charge in [0.25, 0.3) is 0 Å². The van der Waals surface area contributed by atoms with Crippen LogP contribution < -0.4 is 16.4 Å². The molecule has 0 fully saturated rings. The van der Waals surface area contributed by atoms with Crippen LogP contribution in [0.5, 0.6) is 0 Å². The zero-order valence-corrected chi connectivity index (χ0v) is 12.8. The molecule has 0 saturated carbocycles. The minimum Gasteiger partial charge on any atom is -0.368 e. The van der Waals surface area contributed by atoms with E-state index in [9.17, 15) is 14.0 Å². The molecule has 1 rings (SSSR count). The number of urea groups is 1. The highest BCUT2D eigenvalue weighted by molar-refractivity contribution is 9.10. The summed E-state index contributed by atoms with van der Waals surface area (Å²) < 4.78 is 14.1. The predicted molar refractivity (Wildman–Crippen MR) is 78.7 cm³/mol. The monoisotopic (exact) mass is 345 g/mol. The Morgan fingerprint density at radius 2 is 2.05 bits per heavy atom. The number of nitrogens with one attached hydrogen (secondary N) is 2. The van der Waals surface area contributed by atoms with Gasteiger partial charge < -0.3 is 16.4 Å². The van der Waals surface area contributed by atoms with Gasteiger partial charge in [-0.15, -0.1) is 0 Å². The van der Waals surface area contributed by atoms with E-state index in [1.165, 1.54) is 12.1 Å². The molecular weight excluding hydrogens is 329 g/mol. The Labute approximate surface area is 125 Å². The Morgan fingerprint density at radius 3 is 2.55 bits per heavy atom. The number of hydrogen-bond donors (Lipinski definition) is 3. The first-order valence-electron chi connectivity index (χ1n) is 6.11. The van der Waals surface area contributed by atoms with Crippen LogP contribution >= 0.6 is 15.9 Å². The maximum atomic E-state index is 13.6. The number of rotatable bonds is 5. The van der Waals surface area contributed by atoms with Gasteiger partial charge >= 0.3 is 6.03 Å². The zero-order valence-electron chi connectivity index (χ0n) is 11.2. The first kappa shape index (κ1) is 16.4. The molecule has 0 aliphatic rings. The molecule has 0 saturated heterocycles. The molecule has 4 N–H and O–H groups in total. The molecule has 0 bridgehead atoms. The van der Waals surface area contributed by atoms with Crippen molar-refractivity contribution in [2.24, 2.45) is 11.7 Å². The summed E-state index contributed by atoms with van der Waals surface area (Å²) >= 11 is 3.12. The van der Waals surface area contributed by atoms with E-state index < -0.39 is 23.8 Å². The molecule has 0 heterocycles. The number of hydrogen-bond acceptors (Lipinski definition) is 2. The van der Waals surface area contributed by atoms with Crippen LogP contribution in [0.4, 0.5) is 14.9 Å². The summed E-state index contributed by atoms with van der Waals surface area (Å²) in [5.41, 5.74) is 5.24. The Balaban J connectivity index is 2.68. The number of carbonyl (C=O) groups is 2. The molecule has 0 radical (unpaired) electrons. The Kier molecular flexibility index (Phi) is 5.94. The molecule has 1 atom stereocenters. The molecule has 3 amide bonds. The summed E-state index contributed by atoms with van der Waals surface area (Å²) in [4.78, 5) is 23.0. The molecule has 1 aromatic carbocycles. The van der Waals surface area contributed by atoms with Crippen molar-refractivity contribution in [3.8, 4) is 0 Å². The summed E-state index contributed by atoms with van der Waals surface area (Å²) in [6.07, 6.45) is 0.422. The van der Waals surface area contributed by atoms with Crippen LogP contribution in [0.15, 0.2) is 22.7 Å². The van der Waals surface area contributed by atoms with Gasteiger partial charge in [0, 0.05) is 4.47 Å². The second-order valence-corrected chi connectivity index (χ2v) is 5.72. The van der Waals surface area contributed by atoms with Gasteiger partial charge in [0.05, 0.1) is 5.69 Å². The number of benzene rings is 1. The number of nitrogens with two attached hydrogens (primary N) is 1. The van der Waals surface area contributed by atoms with Crippen molar-refractivity contribution >= 4 is 33.6 Å². The third-order valence-electron chi connectivity index (χ3n) is 2.54. The molecule has 20 heavy (non-hydrogen) atoms. The molecular formula is C13H17BrFN3O2. The third kappa shape index (κ3) is 5.16. The summed E-state index contributed by atoms with van der Waals surface area (Å²) in [5, 5.41) is 4.78. The minimum absolute atomic E-state index is 0.0264. The van der Waals surface area contributed by atoms with Crippen molar-refractivity contribution in [3.05, 3.63) is 28.5 Å². The van der Waals surface area contributed by atoms with Gasteiger partial charge in [0.2, 0.25) is 5.91 Å². The standard InChI is InChI=1S/C13H17BrFN3O2/c1-7(2)5-11(12(16)19)18-13(20)17-10-4-3-8(14)6-9(10)15/h3-4,6-7,11H,5H2,1-2H3,(H2,16,19)(H2,17,18,20). The molecule has 110 valence electrons. The van der Waals surface area contributed by atoms with Crippen molar-refractivity contribution in [2.45, 2.75) is 26.3 Å². The average Bonchev–Trinajstić information content (AvgIpc) is 2.31. The SMILES string of the molecule is CC(C)CC(NC(=O)Nc1ccc(Br)cc1F)C(N)=O. The molecule has 0 aromatic heterocycles. The lowest BCUT2D eigenvalue weighted by Crippen LogP contribution is -2.46. The van der Waals surface area contributed by atoms with Crippen LogP contribution in [0.3, 0.4) is 0 Å². The second kappa shape index (κ2) is 7.23. The van der Waals surface area contributed by atoms with Crippen molar-refractivity contribution in [3.63, 3.8) is 0 Å². The van der Waals surface area contributed by atoms with Gasteiger partial charge in [0.1, 0.15) is 11.9 Å². The largest absolute Gasteiger partial charge is 0.368 e. The van der Waals surface area contributed by atoms with E-state index in [0.29, 0.717) is 10.9 Å². The molecule has 7 heteroatoms. The third-order valence-corrected chi connectivity index (χ3v) is 3.03. The Morgan fingerprint density at radius 1 is 1.40 bits per heavy atom. The van der Waals surface area contributed by atoms with Gasteiger partial charge in [-0.05, 0) is 30.5 Å². The minimum atomic E-state index is -0.784. The molecule has 0 spiro atoms. The first-order chi connectivity index (χ1) is 9.29. The van der Waals surface area contributed by atoms with E-state index in [4.69, 9.17) is 5.73 Å². The molecule has 1 aromatic rings. The maximum absolute atomic E-state index is 13.6. The van der Waals surface area contributed by atoms with Crippen LogP contribution in [0, 0.1) is 11.7 Å². The maximum Gasteiger partial charge on any atom is 0.319 e. The fraction of sp³-hybridized carbons (Fsp3) is 0.385.